The molecule has 12 rings (SSSR count). The van der Waals surface area contributed by atoms with Crippen molar-refractivity contribution >= 4 is 65.6 Å². The SMILES string of the molecule is c1ccc(-c2nc(-c3ccc4c5ccccc5n(-c5ccccc5)c4c3)nc(-n3c4ccccc4c4ccc(-c5cccc6oc7ccccc7c56)cc43)n2)cc1. The van der Waals surface area contributed by atoms with Crippen LogP contribution in [0.4, 0.5) is 0 Å². The minimum absolute atomic E-state index is 0.554. The Morgan fingerprint density at radius 1 is 0.351 bits per heavy atom. The predicted octanol–water partition coefficient (Wildman–Crippen LogP) is 13.0. The van der Waals surface area contributed by atoms with Gasteiger partial charge in [0.15, 0.2) is 11.6 Å². The molecule has 0 N–H and O–H groups in total. The number of nitrogens with zero attached hydrogens (tertiary/aromatic N) is 5. The van der Waals surface area contributed by atoms with Gasteiger partial charge in [-0.25, -0.2) is 4.98 Å². The maximum atomic E-state index is 6.30. The van der Waals surface area contributed by atoms with Crippen LogP contribution in [0.5, 0.6) is 0 Å². The van der Waals surface area contributed by atoms with Crippen molar-refractivity contribution in [3.8, 4) is 45.5 Å². The Bertz CT molecular complexity index is 3520. The quantitative estimate of drug-likeness (QED) is 0.177. The summed E-state index contributed by atoms with van der Waals surface area (Å²) in [4.78, 5) is 15.8. The summed E-state index contributed by atoms with van der Waals surface area (Å²) < 4.78 is 10.8. The lowest BCUT2D eigenvalue weighted by molar-refractivity contribution is 0.669. The third-order valence-electron chi connectivity index (χ3n) is 11.2. The van der Waals surface area contributed by atoms with E-state index >= 15 is 0 Å². The van der Waals surface area contributed by atoms with E-state index in [1.54, 1.807) is 0 Å². The number of fused-ring (bicyclic) bond motifs is 9. The van der Waals surface area contributed by atoms with Gasteiger partial charge >= 0.3 is 0 Å². The second-order valence-corrected chi connectivity index (χ2v) is 14.4. The number of benzene rings is 8. The van der Waals surface area contributed by atoms with E-state index < -0.39 is 0 Å². The third-order valence-corrected chi connectivity index (χ3v) is 11.2. The van der Waals surface area contributed by atoms with Crippen LogP contribution in [-0.4, -0.2) is 24.1 Å². The van der Waals surface area contributed by atoms with E-state index in [4.69, 9.17) is 19.4 Å². The van der Waals surface area contributed by atoms with Crippen LogP contribution in [-0.2, 0) is 0 Å². The van der Waals surface area contributed by atoms with Crippen LogP contribution >= 0.6 is 0 Å². The first kappa shape index (κ1) is 31.5. The summed E-state index contributed by atoms with van der Waals surface area (Å²) in [5, 5.41) is 6.82. The third kappa shape index (κ3) is 4.87. The Morgan fingerprint density at radius 2 is 0.895 bits per heavy atom. The smallest absolute Gasteiger partial charge is 0.238 e. The highest BCUT2D eigenvalue weighted by molar-refractivity contribution is 6.15. The van der Waals surface area contributed by atoms with Crippen molar-refractivity contribution in [3.63, 3.8) is 0 Å². The predicted molar refractivity (Wildman–Crippen MR) is 232 cm³/mol. The van der Waals surface area contributed by atoms with Crippen LogP contribution in [0.25, 0.3) is 111 Å². The molecule has 266 valence electrons. The topological polar surface area (TPSA) is 61.7 Å². The van der Waals surface area contributed by atoms with Gasteiger partial charge in [0.05, 0.1) is 22.1 Å². The molecule has 8 aromatic carbocycles. The number of hydrogen-bond donors (Lipinski definition) is 0. The van der Waals surface area contributed by atoms with Crippen LogP contribution in [0.1, 0.15) is 0 Å². The molecule has 0 aliphatic heterocycles. The minimum Gasteiger partial charge on any atom is -0.456 e. The minimum atomic E-state index is 0.554. The Labute approximate surface area is 326 Å². The van der Waals surface area contributed by atoms with E-state index in [-0.39, 0.29) is 0 Å². The van der Waals surface area contributed by atoms with Gasteiger partial charge in [-0.05, 0) is 59.7 Å². The molecule has 57 heavy (non-hydrogen) atoms. The Hall–Kier alpha value is -7.83. The summed E-state index contributed by atoms with van der Waals surface area (Å²) in [6, 6.07) is 65.6. The van der Waals surface area contributed by atoms with Crippen molar-refractivity contribution < 1.29 is 4.42 Å². The van der Waals surface area contributed by atoms with Gasteiger partial charge in [-0.3, -0.25) is 4.57 Å². The van der Waals surface area contributed by atoms with Crippen molar-refractivity contribution in [3.05, 3.63) is 188 Å². The molecule has 0 radical (unpaired) electrons. The number of rotatable bonds is 5. The number of aromatic nitrogens is 5. The molecule has 0 unspecified atom stereocenters. The maximum Gasteiger partial charge on any atom is 0.238 e. The van der Waals surface area contributed by atoms with Crippen LogP contribution in [0.2, 0.25) is 0 Å². The first-order valence-corrected chi connectivity index (χ1v) is 19.1. The van der Waals surface area contributed by atoms with Gasteiger partial charge in [0.2, 0.25) is 5.95 Å². The van der Waals surface area contributed by atoms with Gasteiger partial charge in [0.1, 0.15) is 11.2 Å². The molecule has 0 fully saturated rings. The first-order valence-electron chi connectivity index (χ1n) is 19.1. The summed E-state index contributed by atoms with van der Waals surface area (Å²) in [6.45, 7) is 0. The molecule has 0 spiro atoms. The summed E-state index contributed by atoms with van der Waals surface area (Å²) in [5.41, 5.74) is 11.1. The highest BCUT2D eigenvalue weighted by atomic mass is 16.3. The molecule has 4 aromatic heterocycles. The molecule has 0 atom stereocenters. The van der Waals surface area contributed by atoms with Gasteiger partial charge in [0.25, 0.3) is 0 Å². The molecule has 0 saturated carbocycles. The molecule has 0 amide bonds. The fourth-order valence-corrected chi connectivity index (χ4v) is 8.64. The standard InChI is InChI=1S/C51H31N5O/c1-3-14-32(15-4-1)49-52-50(34-27-29-39-37-18-7-10-22-42(37)55(44(39)31-34)35-16-5-2-6-17-35)54-51(53-49)56-43-23-11-8-19-38(43)40-28-26-33(30-45(40)56)36-21-13-25-47-48(36)41-20-9-12-24-46(41)57-47/h1-31H. The molecule has 12 aromatic rings. The highest BCUT2D eigenvalue weighted by Crippen LogP contribution is 2.40. The molecule has 6 nitrogen and oxygen atoms in total. The van der Waals surface area contributed by atoms with Crippen LogP contribution in [0.3, 0.4) is 0 Å². The molecule has 0 aliphatic carbocycles. The first-order chi connectivity index (χ1) is 28.3. The highest BCUT2D eigenvalue weighted by Gasteiger charge is 2.21. The fourth-order valence-electron chi connectivity index (χ4n) is 8.64. The van der Waals surface area contributed by atoms with Gasteiger partial charge in [0, 0.05) is 49.1 Å². The molecule has 0 saturated heterocycles. The van der Waals surface area contributed by atoms with E-state index in [1.807, 2.05) is 36.4 Å². The van der Waals surface area contributed by atoms with Gasteiger partial charge in [-0.1, -0.05) is 140 Å². The molecule has 4 heterocycles. The zero-order valence-electron chi connectivity index (χ0n) is 30.5. The van der Waals surface area contributed by atoms with E-state index in [2.05, 4.69) is 161 Å². The van der Waals surface area contributed by atoms with Gasteiger partial charge < -0.3 is 8.98 Å². The molecule has 0 aliphatic rings. The van der Waals surface area contributed by atoms with E-state index in [9.17, 15) is 0 Å². The average Bonchev–Trinajstić information content (AvgIpc) is 3.94. The number of para-hydroxylation sites is 4. The fraction of sp³-hybridized carbons (Fsp3) is 0. The summed E-state index contributed by atoms with van der Waals surface area (Å²) in [7, 11) is 0. The van der Waals surface area contributed by atoms with Crippen molar-refractivity contribution in [2.75, 3.05) is 0 Å². The lowest BCUT2D eigenvalue weighted by Crippen LogP contribution is -2.06. The number of hydrogen-bond acceptors (Lipinski definition) is 4. The molecule has 0 bridgehead atoms. The Morgan fingerprint density at radius 3 is 1.65 bits per heavy atom. The van der Waals surface area contributed by atoms with Gasteiger partial charge in [-0.2, -0.15) is 9.97 Å². The maximum absolute atomic E-state index is 6.30. The lowest BCUT2D eigenvalue weighted by Gasteiger charge is -2.12. The normalized spacial score (nSPS) is 11.9. The van der Waals surface area contributed by atoms with Crippen LogP contribution in [0, 0.1) is 0 Å². The summed E-state index contributed by atoms with van der Waals surface area (Å²) in [6.07, 6.45) is 0. The molecular formula is C51H31N5O. The summed E-state index contributed by atoms with van der Waals surface area (Å²) >= 11 is 0. The van der Waals surface area contributed by atoms with Crippen LogP contribution < -0.4 is 0 Å². The van der Waals surface area contributed by atoms with Gasteiger partial charge in [-0.15, -0.1) is 0 Å². The van der Waals surface area contributed by atoms with Crippen LogP contribution in [0.15, 0.2) is 192 Å². The van der Waals surface area contributed by atoms with E-state index in [0.29, 0.717) is 17.6 Å². The van der Waals surface area contributed by atoms with Crippen molar-refractivity contribution in [2.24, 2.45) is 0 Å². The van der Waals surface area contributed by atoms with Crippen molar-refractivity contribution in [2.45, 2.75) is 0 Å². The second-order valence-electron chi connectivity index (χ2n) is 14.4. The van der Waals surface area contributed by atoms with E-state index in [0.717, 1.165) is 82.7 Å². The monoisotopic (exact) mass is 729 g/mol. The largest absolute Gasteiger partial charge is 0.456 e. The number of furan rings is 1. The van der Waals surface area contributed by atoms with Crippen molar-refractivity contribution in [1.82, 2.24) is 24.1 Å². The average molecular weight is 730 g/mol. The van der Waals surface area contributed by atoms with Crippen molar-refractivity contribution in [1.29, 1.82) is 0 Å². The zero-order chi connectivity index (χ0) is 37.5. The Balaban J connectivity index is 1.12. The Kier molecular flexibility index (Phi) is 6.83. The lowest BCUT2D eigenvalue weighted by atomic mass is 9.98. The van der Waals surface area contributed by atoms with E-state index in [1.165, 1.54) is 10.8 Å². The zero-order valence-corrected chi connectivity index (χ0v) is 30.5. The summed E-state index contributed by atoms with van der Waals surface area (Å²) in [5.74, 6) is 1.76. The molecule has 6 heteroatoms. The second kappa shape index (κ2) is 12.3. The molecular weight excluding hydrogens is 699 g/mol.